The number of halogens is 3. The van der Waals surface area contributed by atoms with Gasteiger partial charge < -0.3 is 10.2 Å². The van der Waals surface area contributed by atoms with Gasteiger partial charge in [-0.15, -0.1) is 0 Å². The molecular weight excluding hydrogens is 428 g/mol. The second-order valence-corrected chi connectivity index (χ2v) is 8.35. The molecule has 2 N–H and O–H groups in total. The zero-order valence-corrected chi connectivity index (χ0v) is 17.6. The number of primary amides is 1. The lowest BCUT2D eigenvalue weighted by Crippen LogP contribution is -2.10. The molecule has 30 heavy (non-hydrogen) atoms. The van der Waals surface area contributed by atoms with E-state index in [4.69, 9.17) is 33.4 Å². The molecule has 0 radical (unpaired) electrons. The lowest BCUT2D eigenvalue weighted by atomic mass is 10.0. The van der Waals surface area contributed by atoms with Crippen LogP contribution in [0.4, 0.5) is 4.39 Å². The largest absolute Gasteiger partial charge is 0.441 e. The van der Waals surface area contributed by atoms with Gasteiger partial charge in [0.15, 0.2) is 5.82 Å². The highest BCUT2D eigenvalue weighted by Gasteiger charge is 2.27. The molecule has 1 saturated carbocycles. The molecule has 0 bridgehead atoms. The van der Waals surface area contributed by atoms with E-state index in [0.29, 0.717) is 33.0 Å². The van der Waals surface area contributed by atoms with Crippen molar-refractivity contribution in [3.05, 3.63) is 69.0 Å². The van der Waals surface area contributed by atoms with Crippen LogP contribution in [0.2, 0.25) is 10.0 Å². The van der Waals surface area contributed by atoms with E-state index in [9.17, 15) is 9.18 Å². The molecular formula is C22H20Cl2FN3O2. The third-order valence-corrected chi connectivity index (χ3v) is 5.53. The van der Waals surface area contributed by atoms with Crippen molar-refractivity contribution in [1.82, 2.24) is 9.97 Å². The van der Waals surface area contributed by atoms with Crippen LogP contribution in [-0.4, -0.2) is 15.9 Å². The highest BCUT2D eigenvalue weighted by Crippen LogP contribution is 2.40. The van der Waals surface area contributed by atoms with Gasteiger partial charge in [0.1, 0.15) is 5.76 Å². The van der Waals surface area contributed by atoms with E-state index in [0.717, 1.165) is 55.7 Å². The van der Waals surface area contributed by atoms with Gasteiger partial charge in [0, 0.05) is 33.6 Å². The molecule has 5 rings (SSSR count). The van der Waals surface area contributed by atoms with E-state index in [1.165, 1.54) is 24.4 Å². The number of aryl methyl sites for hydroxylation is 2. The van der Waals surface area contributed by atoms with Gasteiger partial charge in [-0.05, 0) is 56.4 Å². The summed E-state index contributed by atoms with van der Waals surface area (Å²) in [7, 11) is 0. The third-order valence-electron chi connectivity index (χ3n) is 5.10. The Hall–Kier alpha value is -2.44. The summed E-state index contributed by atoms with van der Waals surface area (Å²) >= 11 is 11.2. The molecule has 0 spiro atoms. The quantitative estimate of drug-likeness (QED) is 0.555. The zero-order chi connectivity index (χ0) is 21.3. The van der Waals surface area contributed by atoms with Crippen molar-refractivity contribution >= 4 is 29.1 Å². The van der Waals surface area contributed by atoms with Crippen LogP contribution in [-0.2, 0) is 12.8 Å². The van der Waals surface area contributed by atoms with E-state index in [2.05, 4.69) is 9.97 Å². The molecule has 1 amide bonds. The molecule has 2 aromatic heterocycles. The maximum absolute atomic E-state index is 13.9. The fourth-order valence-electron chi connectivity index (χ4n) is 3.38. The highest BCUT2D eigenvalue weighted by molar-refractivity contribution is 6.35. The molecule has 8 heteroatoms. The van der Waals surface area contributed by atoms with Crippen LogP contribution in [0.5, 0.6) is 0 Å². The summed E-state index contributed by atoms with van der Waals surface area (Å²) in [5.41, 5.74) is 7.75. The lowest BCUT2D eigenvalue weighted by Gasteiger charge is -2.05. The van der Waals surface area contributed by atoms with Gasteiger partial charge >= 0.3 is 0 Å². The topological polar surface area (TPSA) is 82.0 Å². The van der Waals surface area contributed by atoms with Crippen LogP contribution >= 0.6 is 23.2 Å². The van der Waals surface area contributed by atoms with Crippen molar-refractivity contribution in [3.8, 4) is 11.5 Å². The summed E-state index contributed by atoms with van der Waals surface area (Å²) in [6, 6.07) is 6.28. The molecule has 1 fully saturated rings. The smallest absolute Gasteiger partial charge is 0.248 e. The number of nitrogens with zero attached hydrogens (tertiary/aromatic N) is 2. The number of fused-ring (bicyclic) bond motifs is 1. The maximum atomic E-state index is 13.9. The fourth-order valence-corrected chi connectivity index (χ4v) is 3.91. The number of hydrogen-bond donors (Lipinski definition) is 1. The summed E-state index contributed by atoms with van der Waals surface area (Å²) < 4.78 is 19.7. The first-order valence-electron chi connectivity index (χ1n) is 9.81. The summed E-state index contributed by atoms with van der Waals surface area (Å²) in [4.78, 5) is 19.2. The minimum Gasteiger partial charge on any atom is -0.441 e. The number of aromatic nitrogens is 2. The number of nitrogens with two attached hydrogens (primary N) is 1. The summed E-state index contributed by atoms with van der Waals surface area (Å²) in [5, 5.41) is 0.817. The predicted molar refractivity (Wildman–Crippen MR) is 113 cm³/mol. The SMILES string of the molecule is Fc1cnc(C2CC2)cc1-c1nc2c(o1)CCCC2.NC(=O)c1cc(Cl)cc(Cl)c1. The van der Waals surface area contributed by atoms with E-state index in [1.807, 2.05) is 6.07 Å². The minimum absolute atomic E-state index is 0.322. The van der Waals surface area contributed by atoms with Crippen LogP contribution < -0.4 is 5.73 Å². The normalized spacial score (nSPS) is 15.2. The number of carbonyl (C=O) groups is 1. The Labute approximate surface area is 183 Å². The van der Waals surface area contributed by atoms with Crippen LogP contribution in [0.1, 0.15) is 59.1 Å². The number of oxazole rings is 1. The van der Waals surface area contributed by atoms with Gasteiger partial charge in [-0.3, -0.25) is 9.78 Å². The van der Waals surface area contributed by atoms with Crippen molar-refractivity contribution in [3.63, 3.8) is 0 Å². The molecule has 156 valence electrons. The average Bonchev–Trinajstić information content (AvgIpc) is 3.46. The fraction of sp³-hybridized carbons (Fsp3) is 0.318. The number of carbonyl (C=O) groups excluding carboxylic acids is 1. The van der Waals surface area contributed by atoms with Gasteiger partial charge in [-0.25, -0.2) is 9.37 Å². The van der Waals surface area contributed by atoms with Crippen molar-refractivity contribution in [2.24, 2.45) is 5.73 Å². The lowest BCUT2D eigenvalue weighted by molar-refractivity contribution is 0.100. The van der Waals surface area contributed by atoms with Crippen molar-refractivity contribution in [2.75, 3.05) is 0 Å². The maximum Gasteiger partial charge on any atom is 0.248 e. The van der Waals surface area contributed by atoms with E-state index in [-0.39, 0.29) is 5.82 Å². The second-order valence-electron chi connectivity index (χ2n) is 7.48. The van der Waals surface area contributed by atoms with Crippen LogP contribution in [0.25, 0.3) is 11.5 Å². The number of amides is 1. The van der Waals surface area contributed by atoms with Crippen molar-refractivity contribution < 1.29 is 13.6 Å². The number of rotatable bonds is 3. The summed E-state index contributed by atoms with van der Waals surface area (Å²) in [6.45, 7) is 0. The average molecular weight is 448 g/mol. The molecule has 5 nitrogen and oxygen atoms in total. The molecule has 0 saturated heterocycles. The molecule has 2 aliphatic carbocycles. The third kappa shape index (κ3) is 4.82. The van der Waals surface area contributed by atoms with Crippen LogP contribution in [0.3, 0.4) is 0 Å². The highest BCUT2D eigenvalue weighted by atomic mass is 35.5. The Kier molecular flexibility index (Phi) is 6.06. The summed E-state index contributed by atoms with van der Waals surface area (Å²) in [6.07, 6.45) is 7.75. The second kappa shape index (κ2) is 8.74. The zero-order valence-electron chi connectivity index (χ0n) is 16.1. The van der Waals surface area contributed by atoms with Gasteiger partial charge in [-0.1, -0.05) is 23.2 Å². The Balaban J connectivity index is 0.000000170. The Bertz CT molecular complexity index is 1050. The van der Waals surface area contributed by atoms with Crippen molar-refractivity contribution in [1.29, 1.82) is 0 Å². The standard InChI is InChI=1S/C15H15FN2O.C7H5Cl2NO/c16-11-8-17-13(9-5-6-9)7-10(11)15-18-12-3-1-2-4-14(12)19-15;8-5-1-4(7(10)11)2-6(9)3-5/h7-9H,1-6H2;1-3H,(H2,10,11). The summed E-state index contributed by atoms with van der Waals surface area (Å²) in [5.74, 6) is 0.987. The first-order valence-corrected chi connectivity index (χ1v) is 10.6. The van der Waals surface area contributed by atoms with Gasteiger partial charge in [0.2, 0.25) is 11.8 Å². The van der Waals surface area contributed by atoms with E-state index in [1.54, 1.807) is 0 Å². The van der Waals surface area contributed by atoms with Gasteiger partial charge in [-0.2, -0.15) is 0 Å². The molecule has 0 aliphatic heterocycles. The first kappa shape index (κ1) is 20.8. The molecule has 3 aromatic rings. The Morgan fingerprint density at radius 1 is 1.10 bits per heavy atom. The number of pyridine rings is 1. The number of benzene rings is 1. The minimum atomic E-state index is -0.533. The van der Waals surface area contributed by atoms with Crippen LogP contribution in [0.15, 0.2) is 34.9 Å². The number of hydrogen-bond acceptors (Lipinski definition) is 4. The molecule has 2 heterocycles. The molecule has 1 aromatic carbocycles. The predicted octanol–water partition coefficient (Wildman–Crippen LogP) is 5.72. The molecule has 2 aliphatic rings. The van der Waals surface area contributed by atoms with Crippen molar-refractivity contribution in [2.45, 2.75) is 44.4 Å². The van der Waals surface area contributed by atoms with Gasteiger partial charge in [0.25, 0.3) is 0 Å². The van der Waals surface area contributed by atoms with E-state index < -0.39 is 5.91 Å². The molecule has 0 atom stereocenters. The van der Waals surface area contributed by atoms with Crippen LogP contribution in [0, 0.1) is 5.82 Å². The van der Waals surface area contributed by atoms with Gasteiger partial charge in [0.05, 0.1) is 17.5 Å². The Morgan fingerprint density at radius 3 is 2.43 bits per heavy atom. The monoisotopic (exact) mass is 447 g/mol. The Morgan fingerprint density at radius 2 is 1.80 bits per heavy atom. The van der Waals surface area contributed by atoms with E-state index >= 15 is 0 Å². The first-order chi connectivity index (χ1) is 14.4. The molecule has 0 unspecified atom stereocenters.